The molecule has 0 radical (unpaired) electrons. The van der Waals surface area contributed by atoms with E-state index in [-0.39, 0.29) is 31.3 Å². The zero-order chi connectivity index (χ0) is 22.7. The second-order valence-electron chi connectivity index (χ2n) is 9.12. The van der Waals surface area contributed by atoms with Crippen LogP contribution in [0.25, 0.3) is 0 Å². The van der Waals surface area contributed by atoms with E-state index in [0.29, 0.717) is 42.5 Å². The normalized spacial score (nSPS) is 17.4. The molecule has 0 saturated carbocycles. The van der Waals surface area contributed by atoms with Crippen LogP contribution in [0.3, 0.4) is 0 Å². The highest BCUT2D eigenvalue weighted by Gasteiger charge is 2.33. The number of rotatable bonds is 7. The Kier molecular flexibility index (Phi) is 6.41. The molecule has 2 amide bonds. The minimum absolute atomic E-state index is 0.00144. The number of carbonyl (C=O) groups excluding carboxylic acids is 2. The summed E-state index contributed by atoms with van der Waals surface area (Å²) < 4.78 is 22.0. The molecule has 2 aliphatic rings. The summed E-state index contributed by atoms with van der Waals surface area (Å²) in [5.74, 6) is 1.45. The molecule has 2 aromatic rings. The van der Waals surface area contributed by atoms with Gasteiger partial charge in [0.1, 0.15) is 12.3 Å². The summed E-state index contributed by atoms with van der Waals surface area (Å²) in [6.45, 7) is 7.36. The summed E-state index contributed by atoms with van der Waals surface area (Å²) in [6, 6.07) is 8.73. The van der Waals surface area contributed by atoms with Crippen LogP contribution in [0.5, 0.6) is 11.5 Å². The number of furan rings is 1. The third kappa shape index (κ3) is 5.07. The first-order chi connectivity index (χ1) is 15.3. The van der Waals surface area contributed by atoms with Gasteiger partial charge in [-0.05, 0) is 63.9 Å². The molecule has 3 heterocycles. The minimum Gasteiger partial charge on any atom is -0.467 e. The van der Waals surface area contributed by atoms with Crippen LogP contribution < -0.4 is 9.47 Å². The number of hydrogen-bond acceptors (Lipinski definition) is 6. The first-order valence-corrected chi connectivity index (χ1v) is 10.9. The van der Waals surface area contributed by atoms with Gasteiger partial charge in [0.15, 0.2) is 11.5 Å². The lowest BCUT2D eigenvalue weighted by atomic mass is 10.0. The maximum Gasteiger partial charge on any atom is 0.254 e. The molecule has 1 aromatic heterocycles. The summed E-state index contributed by atoms with van der Waals surface area (Å²) >= 11 is 0. The third-order valence-corrected chi connectivity index (χ3v) is 5.70. The van der Waals surface area contributed by atoms with Gasteiger partial charge in [-0.2, -0.15) is 0 Å². The maximum absolute atomic E-state index is 13.4. The molecule has 1 unspecified atom stereocenters. The molecule has 32 heavy (non-hydrogen) atoms. The van der Waals surface area contributed by atoms with Crippen LogP contribution >= 0.6 is 0 Å². The Bertz CT molecular complexity index is 944. The van der Waals surface area contributed by atoms with E-state index >= 15 is 0 Å². The molecule has 1 saturated heterocycles. The summed E-state index contributed by atoms with van der Waals surface area (Å²) in [5, 5.41) is 0. The number of fused-ring (bicyclic) bond motifs is 1. The zero-order valence-corrected chi connectivity index (χ0v) is 18.8. The van der Waals surface area contributed by atoms with Crippen LogP contribution in [-0.4, -0.2) is 59.7 Å². The predicted molar refractivity (Wildman–Crippen MR) is 116 cm³/mol. The molecule has 4 rings (SSSR count). The molecule has 0 aliphatic carbocycles. The van der Waals surface area contributed by atoms with Gasteiger partial charge in [-0.15, -0.1) is 0 Å². The molecule has 8 heteroatoms. The van der Waals surface area contributed by atoms with Crippen molar-refractivity contribution < 1.29 is 28.2 Å². The number of hydrogen-bond donors (Lipinski definition) is 0. The largest absolute Gasteiger partial charge is 0.467 e. The zero-order valence-electron chi connectivity index (χ0n) is 18.8. The van der Waals surface area contributed by atoms with Crippen molar-refractivity contribution in [3.05, 3.63) is 47.9 Å². The molecular weight excluding hydrogens is 412 g/mol. The molecule has 1 fully saturated rings. The topological polar surface area (TPSA) is 81.5 Å². The first-order valence-electron chi connectivity index (χ1n) is 10.9. The lowest BCUT2D eigenvalue weighted by molar-refractivity contribution is -0.135. The van der Waals surface area contributed by atoms with Crippen molar-refractivity contribution in [3.8, 4) is 11.5 Å². The van der Waals surface area contributed by atoms with E-state index in [1.165, 1.54) is 0 Å². The summed E-state index contributed by atoms with van der Waals surface area (Å²) in [7, 11) is 0. The van der Waals surface area contributed by atoms with Crippen molar-refractivity contribution in [1.29, 1.82) is 0 Å². The molecule has 2 aliphatic heterocycles. The van der Waals surface area contributed by atoms with Crippen LogP contribution in [0.1, 0.15) is 49.7 Å². The quantitative estimate of drug-likeness (QED) is 0.653. The molecule has 0 N–H and O–H groups in total. The number of ether oxygens (including phenoxy) is 3. The fourth-order valence-electron chi connectivity index (χ4n) is 3.91. The highest BCUT2D eigenvalue weighted by Crippen LogP contribution is 2.33. The van der Waals surface area contributed by atoms with E-state index in [0.717, 1.165) is 12.8 Å². The molecule has 0 spiro atoms. The predicted octanol–water partition coefficient (Wildman–Crippen LogP) is 3.46. The Morgan fingerprint density at radius 1 is 1.12 bits per heavy atom. The molecular formula is C24H30N2O6. The Labute approximate surface area is 188 Å². The van der Waals surface area contributed by atoms with Crippen molar-refractivity contribution in [2.75, 3.05) is 26.5 Å². The fraction of sp³-hybridized carbons (Fsp3) is 0.500. The second-order valence-corrected chi connectivity index (χ2v) is 9.12. The van der Waals surface area contributed by atoms with E-state index in [2.05, 4.69) is 0 Å². The molecule has 1 atom stereocenters. The van der Waals surface area contributed by atoms with Gasteiger partial charge in [-0.25, -0.2) is 0 Å². The first kappa shape index (κ1) is 22.2. The van der Waals surface area contributed by atoms with Crippen LogP contribution in [0.4, 0.5) is 0 Å². The van der Waals surface area contributed by atoms with Crippen LogP contribution in [-0.2, 0) is 16.1 Å². The molecule has 172 valence electrons. The van der Waals surface area contributed by atoms with E-state index < -0.39 is 5.54 Å². The maximum atomic E-state index is 13.4. The molecule has 8 nitrogen and oxygen atoms in total. The number of nitrogens with zero attached hydrogens (tertiary/aromatic N) is 2. The monoisotopic (exact) mass is 442 g/mol. The Morgan fingerprint density at radius 3 is 2.62 bits per heavy atom. The summed E-state index contributed by atoms with van der Waals surface area (Å²) in [6.07, 6.45) is 3.50. The van der Waals surface area contributed by atoms with Gasteiger partial charge in [0.25, 0.3) is 5.91 Å². The van der Waals surface area contributed by atoms with Crippen molar-refractivity contribution in [3.63, 3.8) is 0 Å². The van der Waals surface area contributed by atoms with Crippen molar-refractivity contribution in [1.82, 2.24) is 9.80 Å². The van der Waals surface area contributed by atoms with E-state index in [1.54, 1.807) is 40.3 Å². The van der Waals surface area contributed by atoms with E-state index in [9.17, 15) is 9.59 Å². The Hall–Kier alpha value is -3.00. The van der Waals surface area contributed by atoms with Gasteiger partial charge < -0.3 is 28.4 Å². The van der Waals surface area contributed by atoms with Gasteiger partial charge in [-0.1, -0.05) is 0 Å². The minimum atomic E-state index is -0.566. The summed E-state index contributed by atoms with van der Waals surface area (Å²) in [4.78, 5) is 30.2. The van der Waals surface area contributed by atoms with Crippen LogP contribution in [0.15, 0.2) is 41.0 Å². The van der Waals surface area contributed by atoms with Gasteiger partial charge in [0.2, 0.25) is 12.7 Å². The fourth-order valence-corrected chi connectivity index (χ4v) is 3.91. The van der Waals surface area contributed by atoms with Crippen molar-refractivity contribution in [2.24, 2.45) is 0 Å². The highest BCUT2D eigenvalue weighted by molar-refractivity contribution is 5.97. The Morgan fingerprint density at radius 2 is 1.94 bits per heavy atom. The van der Waals surface area contributed by atoms with Gasteiger partial charge >= 0.3 is 0 Å². The number of benzene rings is 1. The number of amides is 2. The summed E-state index contributed by atoms with van der Waals surface area (Å²) in [5.41, 5.74) is -0.114. The third-order valence-electron chi connectivity index (χ3n) is 5.70. The smallest absolute Gasteiger partial charge is 0.254 e. The van der Waals surface area contributed by atoms with Gasteiger partial charge in [-0.3, -0.25) is 9.59 Å². The SMILES string of the molecule is CC(C)(C)N(CC(=O)N(Cc1ccco1)CC1CCCO1)C(=O)c1ccc2c(c1)OCO2. The van der Waals surface area contributed by atoms with Gasteiger partial charge in [0, 0.05) is 24.3 Å². The van der Waals surface area contributed by atoms with E-state index in [1.807, 2.05) is 26.8 Å². The lowest BCUT2D eigenvalue weighted by Gasteiger charge is -2.37. The van der Waals surface area contributed by atoms with Crippen LogP contribution in [0.2, 0.25) is 0 Å². The average molecular weight is 443 g/mol. The Balaban J connectivity index is 1.53. The molecule has 0 bridgehead atoms. The molecule has 1 aromatic carbocycles. The average Bonchev–Trinajstić information content (AvgIpc) is 3.52. The van der Waals surface area contributed by atoms with Crippen molar-refractivity contribution >= 4 is 11.8 Å². The van der Waals surface area contributed by atoms with Crippen LogP contribution in [0, 0.1) is 0 Å². The standard InChI is InChI=1S/C24H30N2O6/c1-24(2,3)26(23(28)17-8-9-20-21(12-17)32-16-31-20)15-22(27)25(13-18-6-4-10-29-18)14-19-7-5-11-30-19/h4,6,8-10,12,19H,5,7,11,13-16H2,1-3H3. The van der Waals surface area contributed by atoms with Crippen molar-refractivity contribution in [2.45, 2.75) is 51.8 Å². The van der Waals surface area contributed by atoms with Gasteiger partial charge in [0.05, 0.1) is 18.9 Å². The highest BCUT2D eigenvalue weighted by atomic mass is 16.7. The van der Waals surface area contributed by atoms with E-state index in [4.69, 9.17) is 18.6 Å². The number of carbonyl (C=O) groups is 2. The second kappa shape index (κ2) is 9.24. The lowest BCUT2D eigenvalue weighted by Crippen LogP contribution is -2.51.